The van der Waals surface area contributed by atoms with Gasteiger partial charge in [0.05, 0.1) is 22.4 Å². The lowest BCUT2D eigenvalue weighted by molar-refractivity contribution is -0.116. The molecule has 31 heavy (non-hydrogen) atoms. The molecule has 1 atom stereocenters. The molecule has 156 valence electrons. The van der Waals surface area contributed by atoms with E-state index in [0.29, 0.717) is 11.0 Å². The Morgan fingerprint density at radius 1 is 1.06 bits per heavy atom. The zero-order valence-electron chi connectivity index (χ0n) is 16.4. The first kappa shape index (κ1) is 20.2. The average Bonchev–Trinajstić information content (AvgIpc) is 3.47. The Morgan fingerprint density at radius 2 is 1.87 bits per heavy atom. The molecule has 0 spiro atoms. The number of thiophene rings is 1. The van der Waals surface area contributed by atoms with Crippen molar-refractivity contribution in [2.45, 2.75) is 16.1 Å². The number of rotatable bonds is 5. The lowest BCUT2D eigenvalue weighted by Crippen LogP contribution is -2.39. The van der Waals surface area contributed by atoms with Gasteiger partial charge in [-0.15, -0.1) is 33.3 Å². The number of hydrogen-bond acceptors (Lipinski definition) is 7. The summed E-state index contributed by atoms with van der Waals surface area (Å²) in [4.78, 5) is 17.5. The number of nitrogen functional groups attached to an aromatic ring is 1. The molecule has 0 saturated carbocycles. The summed E-state index contributed by atoms with van der Waals surface area (Å²) >= 11 is 4.65. The van der Waals surface area contributed by atoms with E-state index in [9.17, 15) is 4.79 Å². The fourth-order valence-electron chi connectivity index (χ4n) is 3.56. The summed E-state index contributed by atoms with van der Waals surface area (Å²) in [5.74, 6) is 7.86. The summed E-state index contributed by atoms with van der Waals surface area (Å²) in [6.45, 7) is 0. The molecule has 2 aromatic heterocycles. The van der Waals surface area contributed by atoms with E-state index in [1.165, 1.54) is 16.4 Å². The maximum atomic E-state index is 13.5. The zero-order valence-corrected chi connectivity index (χ0v) is 18.9. The van der Waals surface area contributed by atoms with Crippen molar-refractivity contribution in [1.29, 1.82) is 0 Å². The topological polar surface area (TPSA) is 77.0 Å². The fourth-order valence-corrected chi connectivity index (χ4v) is 6.15. The van der Waals surface area contributed by atoms with Crippen molar-refractivity contribution < 1.29 is 4.79 Å². The van der Waals surface area contributed by atoms with Gasteiger partial charge in [-0.05, 0) is 29.1 Å². The van der Waals surface area contributed by atoms with Crippen LogP contribution in [0.2, 0.25) is 0 Å². The van der Waals surface area contributed by atoms with Gasteiger partial charge in [-0.2, -0.15) is 0 Å². The van der Waals surface area contributed by atoms with Crippen LogP contribution < -0.4 is 10.7 Å². The van der Waals surface area contributed by atoms with Crippen LogP contribution >= 0.6 is 34.9 Å². The van der Waals surface area contributed by atoms with Crippen LogP contribution in [0.4, 0.5) is 5.69 Å². The van der Waals surface area contributed by atoms with Crippen LogP contribution in [0, 0.1) is 0 Å². The highest BCUT2D eigenvalue weighted by Gasteiger charge is 2.32. The van der Waals surface area contributed by atoms with Gasteiger partial charge in [0.2, 0.25) is 11.1 Å². The number of hydrogen-bond donors (Lipinski definition) is 1. The summed E-state index contributed by atoms with van der Waals surface area (Å²) in [6, 6.07) is 22.1. The molecule has 0 bridgehead atoms. The van der Waals surface area contributed by atoms with E-state index in [-0.39, 0.29) is 17.7 Å². The van der Waals surface area contributed by atoms with Gasteiger partial charge in [-0.1, -0.05) is 60.3 Å². The standard InChI is InChI=1S/C22H19N5OS3/c23-27-21(19-11-6-12-29-19)24-25-22(27)31-14-20(28)26-16-9-4-5-10-18(16)30-13-17(26)15-7-2-1-3-8-15/h1-12,17H,13-14,23H2/t17-/m1/s1. The first-order valence-electron chi connectivity index (χ1n) is 9.68. The first-order valence-corrected chi connectivity index (χ1v) is 12.5. The second kappa shape index (κ2) is 8.78. The molecule has 0 unspecified atom stereocenters. The normalized spacial score (nSPS) is 15.6. The maximum absolute atomic E-state index is 13.5. The molecular formula is C22H19N5OS3. The molecule has 6 nitrogen and oxygen atoms in total. The SMILES string of the molecule is Nn1c(SCC(=O)N2c3ccccc3SC[C@@H]2c2ccccc2)nnc1-c1cccs1. The Bertz CT molecular complexity index is 1190. The van der Waals surface area contributed by atoms with Crippen molar-refractivity contribution in [3.8, 4) is 10.7 Å². The van der Waals surface area contributed by atoms with Crippen LogP contribution in [-0.2, 0) is 4.79 Å². The second-order valence-corrected chi connectivity index (χ2v) is 9.86. The third kappa shape index (κ3) is 3.96. The molecule has 1 amide bonds. The third-order valence-electron chi connectivity index (χ3n) is 5.02. The largest absolute Gasteiger partial charge is 0.335 e. The van der Waals surface area contributed by atoms with E-state index >= 15 is 0 Å². The molecule has 9 heteroatoms. The summed E-state index contributed by atoms with van der Waals surface area (Å²) in [5, 5.41) is 10.9. The maximum Gasteiger partial charge on any atom is 0.238 e. The van der Waals surface area contributed by atoms with E-state index < -0.39 is 0 Å². The first-order chi connectivity index (χ1) is 15.2. The number of nitrogens with zero attached hydrogens (tertiary/aromatic N) is 4. The van der Waals surface area contributed by atoms with Crippen molar-refractivity contribution >= 4 is 46.5 Å². The smallest absolute Gasteiger partial charge is 0.238 e. The molecule has 5 rings (SSSR count). The number of carbonyl (C=O) groups excluding carboxylic acids is 1. The van der Waals surface area contributed by atoms with Crippen LogP contribution in [0.5, 0.6) is 0 Å². The second-order valence-electron chi connectivity index (χ2n) is 6.91. The average molecular weight is 466 g/mol. The summed E-state index contributed by atoms with van der Waals surface area (Å²) in [5.41, 5.74) is 2.08. The van der Waals surface area contributed by atoms with Crippen LogP contribution in [0.1, 0.15) is 11.6 Å². The Balaban J connectivity index is 1.40. The lowest BCUT2D eigenvalue weighted by Gasteiger charge is -2.37. The summed E-state index contributed by atoms with van der Waals surface area (Å²) < 4.78 is 1.46. The van der Waals surface area contributed by atoms with Gasteiger partial charge in [0, 0.05) is 10.6 Å². The van der Waals surface area contributed by atoms with Gasteiger partial charge < -0.3 is 10.7 Å². The molecule has 2 aromatic carbocycles. The van der Waals surface area contributed by atoms with E-state index in [0.717, 1.165) is 26.8 Å². The summed E-state index contributed by atoms with van der Waals surface area (Å²) in [7, 11) is 0. The van der Waals surface area contributed by atoms with Gasteiger partial charge in [0.1, 0.15) is 0 Å². The van der Waals surface area contributed by atoms with Crippen molar-refractivity contribution in [2.24, 2.45) is 0 Å². The van der Waals surface area contributed by atoms with E-state index in [1.54, 1.807) is 23.1 Å². The molecule has 0 saturated heterocycles. The van der Waals surface area contributed by atoms with E-state index in [4.69, 9.17) is 5.84 Å². The number of anilines is 1. The van der Waals surface area contributed by atoms with E-state index in [1.807, 2.05) is 58.8 Å². The monoisotopic (exact) mass is 465 g/mol. The molecule has 1 aliphatic rings. The van der Waals surface area contributed by atoms with Crippen molar-refractivity contribution in [2.75, 3.05) is 22.2 Å². The minimum Gasteiger partial charge on any atom is -0.335 e. The van der Waals surface area contributed by atoms with Gasteiger partial charge >= 0.3 is 0 Å². The number of aromatic nitrogens is 3. The lowest BCUT2D eigenvalue weighted by atomic mass is 10.1. The molecular weight excluding hydrogens is 446 g/mol. The van der Waals surface area contributed by atoms with Gasteiger partial charge in [-0.3, -0.25) is 4.79 Å². The minimum atomic E-state index is -0.0216. The molecule has 2 N–H and O–H groups in total. The number of thioether (sulfide) groups is 2. The number of carbonyl (C=O) groups is 1. The molecule has 4 aromatic rings. The highest BCUT2D eigenvalue weighted by atomic mass is 32.2. The molecule has 0 aliphatic carbocycles. The van der Waals surface area contributed by atoms with Crippen LogP contribution in [-0.4, -0.2) is 32.3 Å². The molecule has 0 fully saturated rings. The predicted octanol–water partition coefficient (Wildman–Crippen LogP) is 4.69. The fraction of sp³-hybridized carbons (Fsp3) is 0.136. The Kier molecular flexibility index (Phi) is 5.71. The van der Waals surface area contributed by atoms with Gasteiger partial charge in [0.15, 0.2) is 5.82 Å². The van der Waals surface area contributed by atoms with Crippen molar-refractivity contribution in [3.63, 3.8) is 0 Å². The summed E-state index contributed by atoms with van der Waals surface area (Å²) in [6.07, 6.45) is 0. The number of para-hydroxylation sites is 1. The quantitative estimate of drug-likeness (QED) is 0.340. The van der Waals surface area contributed by atoms with Gasteiger partial charge in [0.25, 0.3) is 0 Å². The molecule has 0 radical (unpaired) electrons. The number of nitrogens with two attached hydrogens (primary N) is 1. The van der Waals surface area contributed by atoms with Gasteiger partial charge in [-0.25, -0.2) is 4.68 Å². The van der Waals surface area contributed by atoms with Crippen LogP contribution in [0.15, 0.2) is 82.2 Å². The van der Waals surface area contributed by atoms with Crippen LogP contribution in [0.3, 0.4) is 0 Å². The van der Waals surface area contributed by atoms with Crippen molar-refractivity contribution in [3.05, 3.63) is 77.7 Å². The number of fused-ring (bicyclic) bond motifs is 1. The van der Waals surface area contributed by atoms with E-state index in [2.05, 4.69) is 28.4 Å². The Labute approximate surface area is 192 Å². The Morgan fingerprint density at radius 3 is 2.68 bits per heavy atom. The number of amides is 1. The highest BCUT2D eigenvalue weighted by molar-refractivity contribution is 8.00. The molecule has 1 aliphatic heterocycles. The Hall–Kier alpha value is -2.75. The highest BCUT2D eigenvalue weighted by Crippen LogP contribution is 2.43. The molecule has 3 heterocycles. The predicted molar refractivity (Wildman–Crippen MR) is 128 cm³/mol. The zero-order chi connectivity index (χ0) is 21.2. The van der Waals surface area contributed by atoms with Crippen molar-refractivity contribution in [1.82, 2.24) is 14.9 Å². The van der Waals surface area contributed by atoms with Crippen LogP contribution in [0.25, 0.3) is 10.7 Å². The minimum absolute atomic E-state index is 0.0206. The number of benzene rings is 2. The third-order valence-corrected chi connectivity index (χ3v) is 7.95.